The van der Waals surface area contributed by atoms with Gasteiger partial charge in [0.25, 0.3) is 11.8 Å². The topological polar surface area (TPSA) is 96.0 Å². The molecular weight excluding hydrogens is 438 g/mol. The lowest BCUT2D eigenvalue weighted by Crippen LogP contribution is -2.50. The number of carbonyl (C=O) groups excluding carboxylic acids is 2. The van der Waals surface area contributed by atoms with Gasteiger partial charge in [0.2, 0.25) is 10.0 Å². The van der Waals surface area contributed by atoms with Crippen molar-refractivity contribution in [2.45, 2.75) is 11.8 Å². The van der Waals surface area contributed by atoms with Gasteiger partial charge in [-0.1, -0.05) is 11.6 Å². The van der Waals surface area contributed by atoms with Crippen molar-refractivity contribution in [3.63, 3.8) is 0 Å². The van der Waals surface area contributed by atoms with E-state index in [2.05, 4.69) is 5.32 Å². The van der Waals surface area contributed by atoms with Crippen molar-refractivity contribution in [2.75, 3.05) is 38.1 Å². The number of anilines is 1. The number of benzene rings is 1. The van der Waals surface area contributed by atoms with Crippen LogP contribution in [-0.4, -0.2) is 62.2 Å². The number of hydrogen-bond acceptors (Lipinski definition) is 6. The first kappa shape index (κ1) is 20.1. The van der Waals surface area contributed by atoms with Gasteiger partial charge in [-0.15, -0.1) is 11.3 Å². The monoisotopic (exact) mass is 455 g/mol. The van der Waals surface area contributed by atoms with E-state index in [1.165, 1.54) is 27.8 Å². The van der Waals surface area contributed by atoms with E-state index in [1.807, 2.05) is 13.0 Å². The molecule has 8 nitrogen and oxygen atoms in total. The van der Waals surface area contributed by atoms with Gasteiger partial charge >= 0.3 is 0 Å². The second-order valence-electron chi connectivity index (χ2n) is 6.72. The molecule has 1 N–H and O–H groups in total. The Labute approximate surface area is 177 Å². The highest BCUT2D eigenvalue weighted by Crippen LogP contribution is 2.37. The number of ether oxygens (including phenoxy) is 1. The highest BCUT2D eigenvalue weighted by molar-refractivity contribution is 7.89. The normalized spacial score (nSPS) is 17.4. The lowest BCUT2D eigenvalue weighted by molar-refractivity contribution is -0.118. The van der Waals surface area contributed by atoms with Gasteiger partial charge in [0.15, 0.2) is 6.61 Å². The van der Waals surface area contributed by atoms with Gasteiger partial charge in [-0.2, -0.15) is 4.31 Å². The van der Waals surface area contributed by atoms with Gasteiger partial charge in [0, 0.05) is 37.1 Å². The van der Waals surface area contributed by atoms with Gasteiger partial charge in [-0.25, -0.2) is 8.42 Å². The molecule has 2 aliphatic heterocycles. The largest absolute Gasteiger partial charge is 0.482 e. The smallest absolute Gasteiger partial charge is 0.264 e. The first-order valence-corrected chi connectivity index (χ1v) is 11.5. The maximum absolute atomic E-state index is 13.1. The molecule has 0 atom stereocenters. The zero-order chi connectivity index (χ0) is 20.8. The molecule has 1 fully saturated rings. The van der Waals surface area contributed by atoms with Crippen LogP contribution < -0.4 is 10.1 Å². The number of sulfonamides is 1. The molecule has 4 rings (SSSR count). The Hall–Kier alpha value is -2.14. The fourth-order valence-electron chi connectivity index (χ4n) is 3.26. The quantitative estimate of drug-likeness (QED) is 0.765. The van der Waals surface area contributed by atoms with E-state index in [4.69, 9.17) is 16.3 Å². The highest BCUT2D eigenvalue weighted by Gasteiger charge is 2.33. The van der Waals surface area contributed by atoms with Crippen molar-refractivity contribution >= 4 is 50.5 Å². The van der Waals surface area contributed by atoms with E-state index in [1.54, 1.807) is 11.0 Å². The van der Waals surface area contributed by atoms with Crippen LogP contribution in [0, 0.1) is 6.92 Å². The van der Waals surface area contributed by atoms with Crippen molar-refractivity contribution in [2.24, 2.45) is 0 Å². The molecule has 2 aromatic rings. The van der Waals surface area contributed by atoms with Crippen molar-refractivity contribution < 1.29 is 22.7 Å². The summed E-state index contributed by atoms with van der Waals surface area (Å²) in [7, 11) is -3.88. The SMILES string of the molecule is Cc1ccc(C(=O)N2CCN(S(=O)(=O)c3cc4c(cc3Cl)NC(=O)CO4)CC2)s1. The molecule has 11 heteroatoms. The Morgan fingerprint density at radius 1 is 1.21 bits per heavy atom. The second kappa shape index (κ2) is 7.60. The summed E-state index contributed by atoms with van der Waals surface area (Å²) in [6.45, 7) is 2.68. The van der Waals surface area contributed by atoms with Gasteiger partial charge in [-0.3, -0.25) is 9.59 Å². The third-order valence-corrected chi connectivity index (χ3v) is 8.11. The minimum atomic E-state index is -3.88. The number of nitrogens with one attached hydrogen (secondary N) is 1. The third kappa shape index (κ3) is 3.85. The molecule has 1 aromatic heterocycles. The number of piperazine rings is 1. The van der Waals surface area contributed by atoms with Crippen LogP contribution in [0.2, 0.25) is 5.02 Å². The molecule has 0 bridgehead atoms. The zero-order valence-electron chi connectivity index (χ0n) is 15.5. The number of thiophene rings is 1. The van der Waals surface area contributed by atoms with Crippen LogP contribution in [0.25, 0.3) is 0 Å². The molecule has 2 amide bonds. The van der Waals surface area contributed by atoms with Crippen molar-refractivity contribution in [1.82, 2.24) is 9.21 Å². The minimum absolute atomic E-state index is 0.00196. The number of aryl methyl sites for hydroxylation is 1. The van der Waals surface area contributed by atoms with Crippen LogP contribution in [0.5, 0.6) is 5.75 Å². The number of halogens is 1. The summed E-state index contributed by atoms with van der Waals surface area (Å²) >= 11 is 7.62. The molecule has 1 aromatic carbocycles. The predicted molar refractivity (Wildman–Crippen MR) is 109 cm³/mol. The Morgan fingerprint density at radius 2 is 1.93 bits per heavy atom. The summed E-state index contributed by atoms with van der Waals surface area (Å²) in [5.41, 5.74) is 0.340. The lowest BCUT2D eigenvalue weighted by atomic mass is 10.2. The molecule has 0 spiro atoms. The van der Waals surface area contributed by atoms with Crippen LogP contribution in [0.4, 0.5) is 5.69 Å². The molecule has 29 heavy (non-hydrogen) atoms. The second-order valence-corrected chi connectivity index (χ2v) is 10.3. The Bertz CT molecular complexity index is 1090. The molecule has 1 saturated heterocycles. The molecular formula is C18H18ClN3O5S2. The standard InChI is InChI=1S/C18H18ClN3O5S2/c1-11-2-3-15(28-11)18(24)21-4-6-22(7-5-21)29(25,26)16-9-14-13(8-12(16)19)20-17(23)10-27-14/h2-3,8-9H,4-7,10H2,1H3,(H,20,23). The Balaban J connectivity index is 1.51. The molecule has 0 aliphatic carbocycles. The summed E-state index contributed by atoms with van der Waals surface area (Å²) < 4.78 is 32.8. The van der Waals surface area contributed by atoms with E-state index in [0.29, 0.717) is 23.7 Å². The summed E-state index contributed by atoms with van der Waals surface area (Å²) in [6.07, 6.45) is 0. The van der Waals surface area contributed by atoms with E-state index in [-0.39, 0.29) is 47.2 Å². The van der Waals surface area contributed by atoms with E-state index in [0.717, 1.165) is 4.88 Å². The lowest BCUT2D eigenvalue weighted by Gasteiger charge is -2.34. The van der Waals surface area contributed by atoms with Crippen molar-refractivity contribution in [3.8, 4) is 5.75 Å². The summed E-state index contributed by atoms with van der Waals surface area (Å²) in [5, 5.41) is 2.60. The molecule has 0 radical (unpaired) electrons. The fourth-order valence-corrected chi connectivity index (χ4v) is 6.03. The molecule has 154 valence electrons. The van der Waals surface area contributed by atoms with Crippen molar-refractivity contribution in [3.05, 3.63) is 39.0 Å². The average Bonchev–Trinajstić information content (AvgIpc) is 3.13. The van der Waals surface area contributed by atoms with Crippen LogP contribution >= 0.6 is 22.9 Å². The number of rotatable bonds is 3. The summed E-state index contributed by atoms with van der Waals surface area (Å²) in [6, 6.07) is 6.39. The fraction of sp³-hybridized carbons (Fsp3) is 0.333. The molecule has 3 heterocycles. The Morgan fingerprint density at radius 3 is 2.59 bits per heavy atom. The number of fused-ring (bicyclic) bond motifs is 1. The predicted octanol–water partition coefficient (Wildman–Crippen LogP) is 2.19. The first-order valence-electron chi connectivity index (χ1n) is 8.88. The number of amides is 2. The van der Waals surface area contributed by atoms with Crippen LogP contribution in [0.3, 0.4) is 0 Å². The molecule has 0 saturated carbocycles. The van der Waals surface area contributed by atoms with Crippen LogP contribution in [0.1, 0.15) is 14.5 Å². The number of nitrogens with zero attached hydrogens (tertiary/aromatic N) is 2. The minimum Gasteiger partial charge on any atom is -0.482 e. The first-order chi connectivity index (χ1) is 13.8. The highest BCUT2D eigenvalue weighted by atomic mass is 35.5. The number of hydrogen-bond donors (Lipinski definition) is 1. The van der Waals surface area contributed by atoms with E-state index < -0.39 is 10.0 Å². The third-order valence-electron chi connectivity index (χ3n) is 4.76. The van der Waals surface area contributed by atoms with E-state index >= 15 is 0 Å². The maximum atomic E-state index is 13.1. The average molecular weight is 456 g/mol. The maximum Gasteiger partial charge on any atom is 0.264 e. The summed E-state index contributed by atoms with van der Waals surface area (Å²) in [5.74, 6) is -0.156. The molecule has 2 aliphatic rings. The van der Waals surface area contributed by atoms with Crippen molar-refractivity contribution in [1.29, 1.82) is 0 Å². The van der Waals surface area contributed by atoms with E-state index in [9.17, 15) is 18.0 Å². The van der Waals surface area contributed by atoms with Gasteiger partial charge in [0.05, 0.1) is 15.6 Å². The van der Waals surface area contributed by atoms with Crippen LogP contribution in [0.15, 0.2) is 29.2 Å². The zero-order valence-corrected chi connectivity index (χ0v) is 17.9. The van der Waals surface area contributed by atoms with Gasteiger partial charge in [0.1, 0.15) is 10.6 Å². The van der Waals surface area contributed by atoms with Crippen LogP contribution in [-0.2, 0) is 14.8 Å². The number of carbonyl (C=O) groups is 2. The van der Waals surface area contributed by atoms with Gasteiger partial charge in [-0.05, 0) is 25.1 Å². The Kier molecular flexibility index (Phi) is 5.28. The summed E-state index contributed by atoms with van der Waals surface area (Å²) in [4.78, 5) is 27.3. The van der Waals surface area contributed by atoms with Gasteiger partial charge < -0.3 is 15.0 Å². The molecule has 0 unspecified atom stereocenters.